The number of hydrogen-bond acceptors (Lipinski definition) is 4. The van der Waals surface area contributed by atoms with Crippen molar-refractivity contribution in [3.63, 3.8) is 0 Å². The lowest BCUT2D eigenvalue weighted by molar-refractivity contribution is 0.0753. The van der Waals surface area contributed by atoms with Gasteiger partial charge in [0, 0.05) is 13.2 Å². The molecule has 0 saturated heterocycles. The van der Waals surface area contributed by atoms with Gasteiger partial charge in [-0.25, -0.2) is 4.98 Å². The summed E-state index contributed by atoms with van der Waals surface area (Å²) in [6.45, 7) is 0. The van der Waals surface area contributed by atoms with Crippen molar-refractivity contribution in [1.82, 2.24) is 14.9 Å². The van der Waals surface area contributed by atoms with Gasteiger partial charge in [0.25, 0.3) is 5.91 Å². The molecule has 0 atom stereocenters. The standard InChI is InChI=1S/C15H11BrClN3O2/c1-20-13(21)11-8(15(20)5-6-15)3-2-4-10(11)22-12-9(16)7-18-14(17)19-12/h2-4,7H,5-6H2,1H3. The van der Waals surface area contributed by atoms with Gasteiger partial charge in [0.05, 0.1) is 15.6 Å². The zero-order chi connectivity index (χ0) is 15.5. The third-order valence-electron chi connectivity index (χ3n) is 4.30. The summed E-state index contributed by atoms with van der Waals surface area (Å²) in [4.78, 5) is 22.3. The second kappa shape index (κ2) is 4.67. The number of fused-ring (bicyclic) bond motifs is 2. The van der Waals surface area contributed by atoms with E-state index in [1.54, 1.807) is 6.07 Å². The first-order valence-corrected chi connectivity index (χ1v) is 7.97. The third-order valence-corrected chi connectivity index (χ3v) is 5.03. The maximum atomic E-state index is 12.6. The molecule has 1 aromatic heterocycles. The van der Waals surface area contributed by atoms with E-state index in [0.29, 0.717) is 21.7 Å². The Hall–Kier alpha value is -1.66. The van der Waals surface area contributed by atoms with Crippen LogP contribution in [0.25, 0.3) is 0 Å². The number of benzene rings is 1. The van der Waals surface area contributed by atoms with Crippen molar-refractivity contribution < 1.29 is 9.53 Å². The van der Waals surface area contributed by atoms with Crippen molar-refractivity contribution >= 4 is 33.4 Å². The summed E-state index contributed by atoms with van der Waals surface area (Å²) in [7, 11) is 1.84. The van der Waals surface area contributed by atoms with Crippen molar-refractivity contribution in [3.8, 4) is 11.6 Å². The summed E-state index contributed by atoms with van der Waals surface area (Å²) in [5.74, 6) is 0.772. The van der Waals surface area contributed by atoms with Gasteiger partial charge in [0.2, 0.25) is 11.2 Å². The van der Waals surface area contributed by atoms with Crippen LogP contribution < -0.4 is 4.74 Å². The average molecular weight is 381 g/mol. The minimum absolute atomic E-state index is 0.0145. The molecule has 2 heterocycles. The van der Waals surface area contributed by atoms with E-state index >= 15 is 0 Å². The highest BCUT2D eigenvalue weighted by Gasteiger charge is 2.57. The molecule has 22 heavy (non-hydrogen) atoms. The van der Waals surface area contributed by atoms with E-state index in [1.807, 2.05) is 24.1 Å². The Morgan fingerprint density at radius 2 is 2.18 bits per heavy atom. The molecule has 1 aromatic carbocycles. The molecule has 1 amide bonds. The van der Waals surface area contributed by atoms with Crippen LogP contribution in [0.5, 0.6) is 11.6 Å². The van der Waals surface area contributed by atoms with Crippen LogP contribution in [0.2, 0.25) is 5.28 Å². The number of aromatic nitrogens is 2. The number of carbonyl (C=O) groups is 1. The van der Waals surface area contributed by atoms with Gasteiger partial charge >= 0.3 is 0 Å². The topological polar surface area (TPSA) is 55.3 Å². The predicted octanol–water partition coefficient (Wildman–Crippen LogP) is 3.76. The Kier molecular flexibility index (Phi) is 2.96. The Labute approximate surface area is 140 Å². The summed E-state index contributed by atoms with van der Waals surface area (Å²) in [6, 6.07) is 5.67. The van der Waals surface area contributed by atoms with Gasteiger partial charge < -0.3 is 9.64 Å². The number of carbonyl (C=O) groups excluding carboxylic acids is 1. The zero-order valence-corrected chi connectivity index (χ0v) is 14.0. The molecule has 7 heteroatoms. The monoisotopic (exact) mass is 379 g/mol. The largest absolute Gasteiger partial charge is 0.437 e. The van der Waals surface area contributed by atoms with Gasteiger partial charge in [0.15, 0.2) is 0 Å². The summed E-state index contributed by atoms with van der Waals surface area (Å²) in [5.41, 5.74) is 1.52. The molecule has 0 N–H and O–H groups in total. The first-order chi connectivity index (χ1) is 10.5. The highest BCUT2D eigenvalue weighted by molar-refractivity contribution is 9.10. The zero-order valence-electron chi connectivity index (χ0n) is 11.6. The predicted molar refractivity (Wildman–Crippen MR) is 84.3 cm³/mol. The highest BCUT2D eigenvalue weighted by Crippen LogP contribution is 2.57. The number of nitrogens with zero attached hydrogens (tertiary/aromatic N) is 3. The van der Waals surface area contributed by atoms with E-state index in [0.717, 1.165) is 18.4 Å². The van der Waals surface area contributed by atoms with E-state index in [4.69, 9.17) is 16.3 Å². The second-order valence-corrected chi connectivity index (χ2v) is 6.66. The van der Waals surface area contributed by atoms with Gasteiger partial charge in [-0.05, 0) is 52.0 Å². The smallest absolute Gasteiger partial charge is 0.258 e. The van der Waals surface area contributed by atoms with E-state index in [-0.39, 0.29) is 16.7 Å². The van der Waals surface area contributed by atoms with Crippen LogP contribution in [0.3, 0.4) is 0 Å². The van der Waals surface area contributed by atoms with Crippen LogP contribution in [-0.2, 0) is 5.54 Å². The summed E-state index contributed by atoms with van der Waals surface area (Å²) in [5, 5.41) is 0.0906. The van der Waals surface area contributed by atoms with Crippen LogP contribution in [-0.4, -0.2) is 27.8 Å². The first kappa shape index (κ1) is 14.0. The van der Waals surface area contributed by atoms with Crippen LogP contribution >= 0.6 is 27.5 Å². The normalized spacial score (nSPS) is 17.8. The molecule has 1 aliphatic heterocycles. The lowest BCUT2D eigenvalue weighted by atomic mass is 10.0. The Balaban J connectivity index is 1.81. The van der Waals surface area contributed by atoms with Gasteiger partial charge in [-0.3, -0.25) is 4.79 Å². The number of rotatable bonds is 2. The van der Waals surface area contributed by atoms with Gasteiger partial charge in [-0.15, -0.1) is 0 Å². The molecule has 2 aliphatic rings. The minimum atomic E-state index is -0.133. The third kappa shape index (κ3) is 1.87. The number of halogens is 2. The van der Waals surface area contributed by atoms with Crippen molar-refractivity contribution in [3.05, 3.63) is 45.3 Å². The van der Waals surface area contributed by atoms with Gasteiger partial charge in [-0.1, -0.05) is 12.1 Å². The first-order valence-electron chi connectivity index (χ1n) is 6.80. The van der Waals surface area contributed by atoms with Crippen molar-refractivity contribution in [2.75, 3.05) is 7.05 Å². The molecule has 0 bridgehead atoms. The molecular weight excluding hydrogens is 370 g/mol. The molecule has 0 unspecified atom stereocenters. The lowest BCUT2D eigenvalue weighted by Crippen LogP contribution is -2.28. The highest BCUT2D eigenvalue weighted by atomic mass is 79.9. The van der Waals surface area contributed by atoms with E-state index in [1.165, 1.54) is 6.20 Å². The van der Waals surface area contributed by atoms with Crippen LogP contribution in [0, 0.1) is 0 Å². The fourth-order valence-electron chi connectivity index (χ4n) is 3.00. The van der Waals surface area contributed by atoms with Gasteiger partial charge in [0.1, 0.15) is 5.75 Å². The Morgan fingerprint density at radius 1 is 1.41 bits per heavy atom. The molecule has 4 rings (SSSR count). The molecule has 112 valence electrons. The van der Waals surface area contributed by atoms with Crippen LogP contribution in [0.1, 0.15) is 28.8 Å². The van der Waals surface area contributed by atoms with E-state index < -0.39 is 0 Å². The average Bonchev–Trinajstić information content (AvgIpc) is 3.27. The van der Waals surface area contributed by atoms with Crippen LogP contribution in [0.4, 0.5) is 0 Å². The SMILES string of the molecule is CN1C(=O)c2c(Oc3nc(Cl)ncc3Br)cccc2C12CC2. The molecule has 5 nitrogen and oxygen atoms in total. The van der Waals surface area contributed by atoms with Crippen molar-refractivity contribution in [2.45, 2.75) is 18.4 Å². The fraction of sp³-hybridized carbons (Fsp3) is 0.267. The Morgan fingerprint density at radius 3 is 2.91 bits per heavy atom. The lowest BCUT2D eigenvalue weighted by Gasteiger charge is -2.18. The fourth-order valence-corrected chi connectivity index (χ4v) is 3.39. The maximum Gasteiger partial charge on any atom is 0.258 e. The molecule has 1 fully saturated rings. The maximum absolute atomic E-state index is 12.6. The van der Waals surface area contributed by atoms with Gasteiger partial charge in [-0.2, -0.15) is 4.98 Å². The van der Waals surface area contributed by atoms with E-state index in [9.17, 15) is 4.79 Å². The van der Waals surface area contributed by atoms with E-state index in [2.05, 4.69) is 25.9 Å². The molecule has 1 saturated carbocycles. The summed E-state index contributed by atoms with van der Waals surface area (Å²) >= 11 is 9.14. The number of hydrogen-bond donors (Lipinski definition) is 0. The Bertz CT molecular complexity index is 807. The quantitative estimate of drug-likeness (QED) is 0.744. The molecule has 1 spiro atoms. The molecular formula is C15H11BrClN3O2. The summed E-state index contributed by atoms with van der Waals surface area (Å²) < 4.78 is 6.42. The number of ether oxygens (including phenoxy) is 1. The number of amides is 1. The van der Waals surface area contributed by atoms with Crippen molar-refractivity contribution in [1.29, 1.82) is 0 Å². The molecule has 1 aliphatic carbocycles. The second-order valence-electron chi connectivity index (χ2n) is 5.47. The van der Waals surface area contributed by atoms with Crippen molar-refractivity contribution in [2.24, 2.45) is 0 Å². The van der Waals surface area contributed by atoms with Crippen LogP contribution in [0.15, 0.2) is 28.9 Å². The minimum Gasteiger partial charge on any atom is -0.437 e. The molecule has 0 radical (unpaired) electrons. The molecule has 2 aromatic rings. The summed E-state index contributed by atoms with van der Waals surface area (Å²) in [6.07, 6.45) is 3.51.